The van der Waals surface area contributed by atoms with Crippen molar-refractivity contribution in [3.8, 4) is 0 Å². The molecule has 0 aromatic heterocycles. The second-order valence-corrected chi connectivity index (χ2v) is 13.0. The van der Waals surface area contributed by atoms with Crippen molar-refractivity contribution >= 4 is 35.2 Å². The minimum atomic E-state index is -0.665. The summed E-state index contributed by atoms with van der Waals surface area (Å²) in [6.07, 6.45) is 6.42. The Bertz CT molecular complexity index is 1070. The molecule has 1 aromatic rings. The fraction of sp³-hybridized carbons (Fsp3) is 0.633. The first kappa shape index (κ1) is 28.7. The van der Waals surface area contributed by atoms with Crippen molar-refractivity contribution in [2.24, 2.45) is 11.8 Å². The van der Waals surface area contributed by atoms with Crippen molar-refractivity contribution in [3.63, 3.8) is 0 Å². The molecule has 3 aliphatic rings. The number of hydrogen-bond acceptors (Lipinski definition) is 6. The number of thioether (sulfide) groups is 1. The number of likely N-dealkylation sites (tertiary alicyclic amines) is 1. The number of rotatable bonds is 12. The Hall–Kier alpha value is -2.32. The van der Waals surface area contributed by atoms with Crippen LogP contribution >= 0.6 is 11.8 Å². The van der Waals surface area contributed by atoms with Crippen LogP contribution in [0, 0.1) is 25.7 Å². The van der Waals surface area contributed by atoms with Gasteiger partial charge in [-0.1, -0.05) is 37.1 Å². The van der Waals surface area contributed by atoms with Gasteiger partial charge < -0.3 is 19.6 Å². The van der Waals surface area contributed by atoms with Gasteiger partial charge in [0.2, 0.25) is 5.91 Å². The zero-order chi connectivity index (χ0) is 27.7. The van der Waals surface area contributed by atoms with Crippen LogP contribution in [-0.4, -0.2) is 69.6 Å². The molecule has 3 fully saturated rings. The number of carbonyl (C=O) groups excluding carboxylic acids is 3. The molecule has 1 aromatic carbocycles. The molecular weight excluding hydrogens is 500 g/mol. The molecule has 0 saturated carbocycles. The van der Waals surface area contributed by atoms with Gasteiger partial charge in [0, 0.05) is 30.1 Å². The number of carbonyl (C=O) groups is 3. The van der Waals surface area contributed by atoms with E-state index in [0.29, 0.717) is 19.5 Å². The summed E-state index contributed by atoms with van der Waals surface area (Å²) in [4.78, 5) is 45.7. The molecule has 0 aliphatic carbocycles. The highest BCUT2D eigenvalue weighted by Crippen LogP contribution is 2.71. The Morgan fingerprint density at radius 3 is 2.53 bits per heavy atom. The van der Waals surface area contributed by atoms with E-state index in [1.165, 1.54) is 0 Å². The monoisotopic (exact) mass is 542 g/mol. The third kappa shape index (κ3) is 4.68. The molecule has 38 heavy (non-hydrogen) atoms. The van der Waals surface area contributed by atoms with Gasteiger partial charge >= 0.3 is 5.97 Å². The standard InChI is InChI=1S/C30H42N2O5S/c1-6-17-31(24-20(3)13-12-14-21(24)4)27(35)25-30-16-15-29(5,38-30)23(28(36)37-7-2)22(30)26(34)32(25)18-10-8-9-11-19-33/h6,12-14,22-23,25,33H,1,7-11,15-19H2,2-5H3/t22-,23-,25?,29+,30?/m0/s1. The molecule has 1 spiro atoms. The lowest BCUT2D eigenvalue weighted by atomic mass is 9.66. The molecule has 3 heterocycles. The van der Waals surface area contributed by atoms with Crippen LogP contribution < -0.4 is 4.90 Å². The fourth-order valence-corrected chi connectivity index (χ4v) is 9.42. The van der Waals surface area contributed by atoms with Gasteiger partial charge in [0.15, 0.2) is 0 Å². The Labute approximate surface area is 231 Å². The average Bonchev–Trinajstić information content (AvgIpc) is 3.44. The predicted molar refractivity (Wildman–Crippen MR) is 151 cm³/mol. The summed E-state index contributed by atoms with van der Waals surface area (Å²) in [7, 11) is 0. The lowest BCUT2D eigenvalue weighted by molar-refractivity contribution is -0.155. The molecule has 2 bridgehead atoms. The molecule has 0 radical (unpaired) electrons. The van der Waals surface area contributed by atoms with Gasteiger partial charge in [-0.3, -0.25) is 14.4 Å². The summed E-state index contributed by atoms with van der Waals surface area (Å²) >= 11 is 1.67. The van der Waals surface area contributed by atoms with Crippen molar-refractivity contribution < 1.29 is 24.2 Å². The van der Waals surface area contributed by atoms with Crippen molar-refractivity contribution in [2.45, 2.75) is 81.8 Å². The second-order valence-electron chi connectivity index (χ2n) is 11.1. The maximum absolute atomic E-state index is 14.7. The zero-order valence-corrected chi connectivity index (χ0v) is 24.0. The molecule has 1 N–H and O–H groups in total. The van der Waals surface area contributed by atoms with Crippen LogP contribution in [0.15, 0.2) is 30.9 Å². The summed E-state index contributed by atoms with van der Waals surface area (Å²) in [5, 5.41) is 9.16. The summed E-state index contributed by atoms with van der Waals surface area (Å²) in [5.74, 6) is -1.65. The van der Waals surface area contributed by atoms with E-state index in [-0.39, 0.29) is 31.0 Å². The number of esters is 1. The van der Waals surface area contributed by atoms with Gasteiger partial charge in [-0.15, -0.1) is 18.3 Å². The van der Waals surface area contributed by atoms with E-state index in [0.717, 1.165) is 48.9 Å². The van der Waals surface area contributed by atoms with Gasteiger partial charge in [-0.25, -0.2) is 0 Å². The number of hydrogen-bond donors (Lipinski definition) is 1. The average molecular weight is 543 g/mol. The SMILES string of the molecule is C=CCN(C(=O)C1N(CCCCCCO)C(=O)[C@@H]2[C@@H](C(=O)OCC)[C@@]3(C)CCC12S3)c1c(C)cccc1C. The number of amides is 2. The van der Waals surface area contributed by atoms with E-state index >= 15 is 0 Å². The van der Waals surface area contributed by atoms with Crippen LogP contribution in [0.25, 0.3) is 0 Å². The highest BCUT2D eigenvalue weighted by atomic mass is 32.2. The number of benzene rings is 1. The molecule has 4 rings (SSSR count). The maximum atomic E-state index is 14.7. The number of aliphatic hydroxyl groups is 1. The van der Waals surface area contributed by atoms with Crippen molar-refractivity contribution in [3.05, 3.63) is 42.0 Å². The molecule has 7 nitrogen and oxygen atoms in total. The smallest absolute Gasteiger partial charge is 0.311 e. The first-order chi connectivity index (χ1) is 18.2. The van der Waals surface area contributed by atoms with E-state index in [1.54, 1.807) is 34.6 Å². The predicted octanol–water partition coefficient (Wildman–Crippen LogP) is 4.42. The van der Waals surface area contributed by atoms with E-state index < -0.39 is 27.4 Å². The van der Waals surface area contributed by atoms with Gasteiger partial charge in [-0.05, 0) is 64.5 Å². The normalized spacial score (nSPS) is 29.4. The molecule has 2 amide bonds. The third-order valence-electron chi connectivity index (χ3n) is 8.65. The Morgan fingerprint density at radius 2 is 1.89 bits per heavy atom. The lowest BCUT2D eigenvalue weighted by Gasteiger charge is -2.38. The van der Waals surface area contributed by atoms with Crippen molar-refractivity contribution in [1.82, 2.24) is 4.90 Å². The van der Waals surface area contributed by atoms with E-state index in [9.17, 15) is 14.4 Å². The molecule has 208 valence electrons. The zero-order valence-electron chi connectivity index (χ0n) is 23.2. The van der Waals surface area contributed by atoms with Gasteiger partial charge in [0.25, 0.3) is 5.91 Å². The number of aryl methyl sites for hydroxylation is 2. The first-order valence-corrected chi connectivity index (χ1v) is 14.7. The van der Waals surface area contributed by atoms with E-state index in [2.05, 4.69) is 13.5 Å². The van der Waals surface area contributed by atoms with Crippen LogP contribution in [0.2, 0.25) is 0 Å². The van der Waals surface area contributed by atoms with Gasteiger partial charge in [0.1, 0.15) is 6.04 Å². The van der Waals surface area contributed by atoms with Crippen LogP contribution in [0.3, 0.4) is 0 Å². The number of para-hydroxylation sites is 1. The summed E-state index contributed by atoms with van der Waals surface area (Å²) < 4.78 is 4.39. The van der Waals surface area contributed by atoms with Crippen LogP contribution in [-0.2, 0) is 19.1 Å². The van der Waals surface area contributed by atoms with E-state index in [1.807, 2.05) is 32.0 Å². The number of ether oxygens (including phenoxy) is 1. The van der Waals surface area contributed by atoms with Crippen LogP contribution in [0.5, 0.6) is 0 Å². The number of nitrogens with zero attached hydrogens (tertiary/aromatic N) is 2. The van der Waals surface area contributed by atoms with Crippen molar-refractivity contribution in [1.29, 1.82) is 0 Å². The maximum Gasteiger partial charge on any atom is 0.311 e. The number of aliphatic hydroxyl groups excluding tert-OH is 1. The Kier molecular flexibility index (Phi) is 8.62. The van der Waals surface area contributed by atoms with Gasteiger partial charge in [0.05, 0.1) is 23.2 Å². The highest BCUT2D eigenvalue weighted by Gasteiger charge is 2.77. The summed E-state index contributed by atoms with van der Waals surface area (Å²) in [6.45, 7) is 13.0. The van der Waals surface area contributed by atoms with Gasteiger partial charge in [-0.2, -0.15) is 0 Å². The molecular formula is C30H42N2O5S. The van der Waals surface area contributed by atoms with E-state index in [4.69, 9.17) is 9.84 Å². The topological polar surface area (TPSA) is 87.2 Å². The largest absolute Gasteiger partial charge is 0.466 e. The molecule has 5 atom stereocenters. The molecule has 3 saturated heterocycles. The summed E-state index contributed by atoms with van der Waals surface area (Å²) in [6, 6.07) is 5.32. The molecule has 2 unspecified atom stereocenters. The summed E-state index contributed by atoms with van der Waals surface area (Å²) in [5.41, 5.74) is 2.85. The molecule has 8 heteroatoms. The Morgan fingerprint density at radius 1 is 1.21 bits per heavy atom. The third-order valence-corrected chi connectivity index (χ3v) is 10.6. The van der Waals surface area contributed by atoms with Crippen LogP contribution in [0.1, 0.15) is 63.5 Å². The number of unbranched alkanes of at least 4 members (excludes halogenated alkanes) is 3. The quantitative estimate of drug-likeness (QED) is 0.239. The lowest BCUT2D eigenvalue weighted by Crippen LogP contribution is -2.55. The first-order valence-electron chi connectivity index (χ1n) is 13.9. The minimum Gasteiger partial charge on any atom is -0.466 e. The van der Waals surface area contributed by atoms with Crippen molar-refractivity contribution in [2.75, 3.05) is 31.2 Å². The number of anilines is 1. The fourth-order valence-electron chi connectivity index (χ4n) is 7.08. The van der Waals surface area contributed by atoms with Crippen LogP contribution in [0.4, 0.5) is 5.69 Å². The molecule has 3 aliphatic heterocycles. The minimum absolute atomic E-state index is 0.0976. The highest BCUT2D eigenvalue weighted by molar-refractivity contribution is 8.02. The Balaban J connectivity index is 1.77. The number of fused-ring (bicyclic) bond motifs is 1. The second kappa shape index (κ2) is 11.4.